The zero-order valence-electron chi connectivity index (χ0n) is 6.37. The van der Waals surface area contributed by atoms with Crippen LogP contribution in [0, 0.1) is 0 Å². The van der Waals surface area contributed by atoms with Crippen molar-refractivity contribution in [1.29, 1.82) is 0 Å². The molecule has 5 heteroatoms. The second kappa shape index (κ2) is 16.4. The lowest BCUT2D eigenvalue weighted by Gasteiger charge is -2.05. The lowest BCUT2D eigenvalue weighted by atomic mass is 10.4. The van der Waals surface area contributed by atoms with Crippen molar-refractivity contribution >= 4 is 37.2 Å². The van der Waals surface area contributed by atoms with Crippen molar-refractivity contribution in [3.8, 4) is 0 Å². The average molecular weight is 212 g/mol. The quantitative estimate of drug-likeness (QED) is 0.759. The molecule has 0 unspecified atom stereocenters. The Hall–Kier alpha value is 0.790. The van der Waals surface area contributed by atoms with Crippen molar-refractivity contribution in [1.82, 2.24) is 4.90 Å². The largest absolute Gasteiger partial charge is 0.330 e. The molecule has 2 nitrogen and oxygen atoms in total. The molecule has 0 aromatic rings. The number of hydrogen-bond donors (Lipinski definition) is 1. The highest BCUT2D eigenvalue weighted by molar-refractivity contribution is 5.86. The van der Waals surface area contributed by atoms with E-state index in [-0.39, 0.29) is 37.2 Å². The van der Waals surface area contributed by atoms with Crippen LogP contribution in [0.3, 0.4) is 0 Å². The van der Waals surface area contributed by atoms with Crippen LogP contribution in [0.25, 0.3) is 0 Å². The van der Waals surface area contributed by atoms with Gasteiger partial charge in [0.25, 0.3) is 0 Å². The molecule has 0 fully saturated rings. The van der Waals surface area contributed by atoms with E-state index in [1.165, 1.54) is 0 Å². The van der Waals surface area contributed by atoms with Crippen LogP contribution in [0.15, 0.2) is 0 Å². The molecule has 0 spiro atoms. The van der Waals surface area contributed by atoms with Crippen LogP contribution in [-0.2, 0) is 0 Å². The Morgan fingerprint density at radius 1 is 1.10 bits per heavy atom. The highest BCUT2D eigenvalue weighted by atomic mass is 35.5. The second-order valence-corrected chi connectivity index (χ2v) is 1.95. The van der Waals surface area contributed by atoms with Gasteiger partial charge < -0.3 is 10.6 Å². The Bertz CT molecular complexity index is 43.9. The molecule has 0 rings (SSSR count). The molecule has 0 aliphatic carbocycles. The molecule has 0 saturated heterocycles. The lowest BCUT2D eigenvalue weighted by Crippen LogP contribution is -2.16. The Labute approximate surface area is 81.8 Å². The highest BCUT2D eigenvalue weighted by Gasteiger charge is 1.83. The maximum absolute atomic E-state index is 5.25. The van der Waals surface area contributed by atoms with Crippen LogP contribution in [0.4, 0.5) is 0 Å². The Kier molecular flexibility index (Phi) is 36.8. The molecular weight excluding hydrogens is 194 g/mol. The van der Waals surface area contributed by atoms with Gasteiger partial charge >= 0.3 is 0 Å². The van der Waals surface area contributed by atoms with Gasteiger partial charge in [0.15, 0.2) is 0 Å². The van der Waals surface area contributed by atoms with Crippen LogP contribution in [0.2, 0.25) is 0 Å². The summed E-state index contributed by atoms with van der Waals surface area (Å²) in [5, 5.41) is 0. The third-order valence-electron chi connectivity index (χ3n) is 0.809. The fourth-order valence-corrected chi connectivity index (χ4v) is 0.408. The summed E-state index contributed by atoms with van der Waals surface area (Å²) in [5.74, 6) is 0. The Morgan fingerprint density at radius 2 is 1.50 bits per heavy atom. The molecule has 0 radical (unpaired) electrons. The minimum absolute atomic E-state index is 0. The van der Waals surface area contributed by atoms with Gasteiger partial charge in [-0.2, -0.15) is 0 Å². The summed E-state index contributed by atoms with van der Waals surface area (Å²) < 4.78 is 0. The number of rotatable bonds is 3. The van der Waals surface area contributed by atoms with Gasteiger partial charge in [-0.15, -0.1) is 37.2 Å². The van der Waals surface area contributed by atoms with E-state index in [0.717, 1.165) is 19.5 Å². The summed E-state index contributed by atoms with van der Waals surface area (Å²) in [4.78, 5) is 2.13. The van der Waals surface area contributed by atoms with Gasteiger partial charge in [-0.05, 0) is 33.6 Å². The van der Waals surface area contributed by atoms with Gasteiger partial charge in [0.05, 0.1) is 0 Å². The van der Waals surface area contributed by atoms with Crippen LogP contribution >= 0.6 is 37.2 Å². The SMILES string of the molecule is CN(C)CCCN.Cl.Cl.Cl. The van der Waals surface area contributed by atoms with Gasteiger partial charge in [0.2, 0.25) is 0 Å². The van der Waals surface area contributed by atoms with Crippen molar-refractivity contribution in [2.75, 3.05) is 27.2 Å². The minimum atomic E-state index is 0. The third kappa shape index (κ3) is 23.2. The summed E-state index contributed by atoms with van der Waals surface area (Å²) in [6.07, 6.45) is 1.10. The molecule has 0 amide bonds. The van der Waals surface area contributed by atoms with E-state index in [4.69, 9.17) is 5.73 Å². The van der Waals surface area contributed by atoms with Gasteiger partial charge in [-0.25, -0.2) is 0 Å². The van der Waals surface area contributed by atoms with Crippen molar-refractivity contribution in [2.24, 2.45) is 5.73 Å². The minimum Gasteiger partial charge on any atom is -0.330 e. The normalized spacial score (nSPS) is 7.20. The third-order valence-corrected chi connectivity index (χ3v) is 0.809. The van der Waals surface area contributed by atoms with Crippen molar-refractivity contribution < 1.29 is 0 Å². The standard InChI is InChI=1S/C5H14N2.3ClH/c1-7(2)5-3-4-6;;;/h3-6H2,1-2H3;3*1H. The fraction of sp³-hybridized carbons (Fsp3) is 1.00. The van der Waals surface area contributed by atoms with E-state index in [0.29, 0.717) is 0 Å². The first-order valence-electron chi connectivity index (χ1n) is 2.62. The average Bonchev–Trinajstić information content (AvgIpc) is 1.61. The van der Waals surface area contributed by atoms with E-state index >= 15 is 0 Å². The molecule has 0 aromatic heterocycles. The zero-order chi connectivity index (χ0) is 5.70. The topological polar surface area (TPSA) is 29.3 Å². The number of nitrogens with two attached hydrogens (primary N) is 1. The van der Waals surface area contributed by atoms with E-state index in [1.54, 1.807) is 0 Å². The van der Waals surface area contributed by atoms with E-state index in [1.807, 2.05) is 0 Å². The molecule has 0 bridgehead atoms. The summed E-state index contributed by atoms with van der Waals surface area (Å²) in [6.45, 7) is 1.91. The van der Waals surface area contributed by atoms with Gasteiger partial charge in [-0.1, -0.05) is 0 Å². The first kappa shape index (κ1) is 22.4. The van der Waals surface area contributed by atoms with Crippen LogP contribution in [0.5, 0.6) is 0 Å². The monoisotopic (exact) mass is 210 g/mol. The van der Waals surface area contributed by atoms with Gasteiger partial charge in [-0.3, -0.25) is 0 Å². The maximum atomic E-state index is 5.25. The summed E-state index contributed by atoms with van der Waals surface area (Å²) in [7, 11) is 4.10. The number of halogens is 3. The smallest absolute Gasteiger partial charge is 0.00128 e. The predicted molar refractivity (Wildman–Crippen MR) is 54.0 cm³/mol. The molecular formula is C5H17Cl3N2. The maximum Gasteiger partial charge on any atom is -0.00128 e. The second-order valence-electron chi connectivity index (χ2n) is 1.95. The molecule has 10 heavy (non-hydrogen) atoms. The first-order valence-corrected chi connectivity index (χ1v) is 2.62. The predicted octanol–water partition coefficient (Wildman–Crippen LogP) is 1.16. The fourth-order valence-electron chi connectivity index (χ4n) is 0.408. The summed E-state index contributed by atoms with van der Waals surface area (Å²) in [5.41, 5.74) is 5.25. The van der Waals surface area contributed by atoms with Crippen molar-refractivity contribution in [2.45, 2.75) is 6.42 Å². The lowest BCUT2D eigenvalue weighted by molar-refractivity contribution is 0.403. The summed E-state index contributed by atoms with van der Waals surface area (Å²) in [6, 6.07) is 0. The highest BCUT2D eigenvalue weighted by Crippen LogP contribution is 1.76. The van der Waals surface area contributed by atoms with E-state index in [2.05, 4.69) is 19.0 Å². The van der Waals surface area contributed by atoms with Crippen LogP contribution in [-0.4, -0.2) is 32.1 Å². The molecule has 0 atom stereocenters. The van der Waals surface area contributed by atoms with Crippen LogP contribution < -0.4 is 5.73 Å². The number of nitrogens with zero attached hydrogens (tertiary/aromatic N) is 1. The molecule has 68 valence electrons. The van der Waals surface area contributed by atoms with Crippen molar-refractivity contribution in [3.63, 3.8) is 0 Å². The Morgan fingerprint density at radius 3 is 1.60 bits per heavy atom. The molecule has 0 saturated carbocycles. The Balaban J connectivity index is -0.0000000600. The molecule has 0 aliphatic rings. The molecule has 0 heterocycles. The summed E-state index contributed by atoms with van der Waals surface area (Å²) >= 11 is 0. The van der Waals surface area contributed by atoms with E-state index in [9.17, 15) is 0 Å². The molecule has 0 aromatic carbocycles. The first-order chi connectivity index (χ1) is 3.27. The van der Waals surface area contributed by atoms with Gasteiger partial charge in [0, 0.05) is 0 Å². The van der Waals surface area contributed by atoms with Gasteiger partial charge in [0.1, 0.15) is 0 Å². The van der Waals surface area contributed by atoms with Crippen LogP contribution in [0.1, 0.15) is 6.42 Å². The molecule has 2 N–H and O–H groups in total. The number of hydrogen-bond acceptors (Lipinski definition) is 2. The molecule has 0 aliphatic heterocycles. The van der Waals surface area contributed by atoms with E-state index < -0.39 is 0 Å². The zero-order valence-corrected chi connectivity index (χ0v) is 8.82. The van der Waals surface area contributed by atoms with Crippen molar-refractivity contribution in [3.05, 3.63) is 0 Å².